The molecule has 14 heteroatoms. The van der Waals surface area contributed by atoms with E-state index in [1.165, 1.54) is 12.1 Å². The summed E-state index contributed by atoms with van der Waals surface area (Å²) in [6, 6.07) is 13.5. The van der Waals surface area contributed by atoms with Crippen LogP contribution in [0, 0.1) is 25.2 Å². The van der Waals surface area contributed by atoms with Crippen LogP contribution >= 0.6 is 0 Å². The average molecular weight is 564 g/mol. The van der Waals surface area contributed by atoms with Crippen molar-refractivity contribution in [1.82, 2.24) is 29.7 Å². The van der Waals surface area contributed by atoms with E-state index in [0.717, 1.165) is 11.9 Å². The topological polar surface area (TPSA) is 154 Å². The van der Waals surface area contributed by atoms with E-state index < -0.39 is 22.1 Å². The van der Waals surface area contributed by atoms with Crippen LogP contribution in [-0.4, -0.2) is 44.4 Å². The smallest absolute Gasteiger partial charge is 0.295 e. The molecule has 0 unspecified atom stereocenters. The summed E-state index contributed by atoms with van der Waals surface area (Å²) in [5.74, 6) is -0.104. The zero-order valence-electron chi connectivity index (χ0n) is 21.8. The van der Waals surface area contributed by atoms with Crippen LogP contribution in [0.2, 0.25) is 0 Å². The molecular weight excluding hydrogens is 540 g/mol. The Labute approximate surface area is 227 Å². The monoisotopic (exact) mass is 563 g/mol. The number of aromatic nitrogens is 6. The SMILES string of the molecule is Cc1ccc(Nc2cc(Nc3ccc(-c4cc(C)n(C)n4)cc3S(C)(=O)=O)c3[nH]c(C(F)F)nc3n2)nc1C#N. The number of halogens is 2. The maximum atomic E-state index is 13.5. The number of benzene rings is 1. The highest BCUT2D eigenvalue weighted by Crippen LogP contribution is 2.34. The van der Waals surface area contributed by atoms with Crippen molar-refractivity contribution in [3.63, 3.8) is 0 Å². The van der Waals surface area contributed by atoms with Crippen LogP contribution in [-0.2, 0) is 16.9 Å². The molecule has 11 nitrogen and oxygen atoms in total. The van der Waals surface area contributed by atoms with Crippen molar-refractivity contribution in [2.75, 3.05) is 16.9 Å². The van der Waals surface area contributed by atoms with Crippen LogP contribution in [0.25, 0.3) is 22.4 Å². The summed E-state index contributed by atoms with van der Waals surface area (Å²) in [7, 11) is -1.94. The molecule has 0 amide bonds. The molecule has 4 aromatic heterocycles. The van der Waals surface area contributed by atoms with Gasteiger partial charge in [0.1, 0.15) is 28.9 Å². The van der Waals surface area contributed by atoms with Gasteiger partial charge in [-0.25, -0.2) is 32.2 Å². The Kier molecular flexibility index (Phi) is 6.68. The third-order valence-corrected chi connectivity index (χ3v) is 7.34. The lowest BCUT2D eigenvalue weighted by Crippen LogP contribution is -2.05. The molecule has 204 valence electrons. The Morgan fingerprint density at radius 1 is 1.00 bits per heavy atom. The van der Waals surface area contributed by atoms with Crippen LogP contribution in [0.4, 0.5) is 31.8 Å². The summed E-state index contributed by atoms with van der Waals surface area (Å²) < 4.78 is 54.3. The second-order valence-corrected chi connectivity index (χ2v) is 11.2. The van der Waals surface area contributed by atoms with Crippen molar-refractivity contribution < 1.29 is 17.2 Å². The number of nitriles is 1. The number of aryl methyl sites for hydroxylation is 3. The van der Waals surface area contributed by atoms with E-state index in [9.17, 15) is 22.5 Å². The van der Waals surface area contributed by atoms with Gasteiger partial charge in [-0.3, -0.25) is 4.68 Å². The molecule has 40 heavy (non-hydrogen) atoms. The number of alkyl halides is 2. The Balaban J connectivity index is 1.61. The second-order valence-electron chi connectivity index (χ2n) is 9.18. The molecule has 5 aromatic rings. The number of rotatable bonds is 7. The number of anilines is 4. The van der Waals surface area contributed by atoms with Crippen LogP contribution in [0.15, 0.2) is 47.4 Å². The molecule has 0 spiro atoms. The molecule has 5 rings (SSSR count). The molecule has 0 aliphatic heterocycles. The van der Waals surface area contributed by atoms with E-state index in [1.807, 2.05) is 19.1 Å². The fourth-order valence-electron chi connectivity index (χ4n) is 4.05. The summed E-state index contributed by atoms with van der Waals surface area (Å²) in [5, 5.41) is 19.7. The fraction of sp³-hybridized carbons (Fsp3) is 0.192. The molecule has 0 saturated heterocycles. The van der Waals surface area contributed by atoms with Gasteiger partial charge in [0.05, 0.1) is 22.0 Å². The van der Waals surface area contributed by atoms with E-state index >= 15 is 0 Å². The average Bonchev–Trinajstić information content (AvgIpc) is 3.48. The zero-order chi connectivity index (χ0) is 28.8. The number of pyridine rings is 2. The van der Waals surface area contributed by atoms with Gasteiger partial charge in [-0.1, -0.05) is 12.1 Å². The van der Waals surface area contributed by atoms with Gasteiger partial charge in [0.25, 0.3) is 6.43 Å². The number of sulfone groups is 1. The van der Waals surface area contributed by atoms with Crippen molar-refractivity contribution in [2.45, 2.75) is 25.2 Å². The first-order valence-corrected chi connectivity index (χ1v) is 13.8. The third kappa shape index (κ3) is 5.19. The summed E-state index contributed by atoms with van der Waals surface area (Å²) in [5.41, 5.74) is 3.57. The minimum absolute atomic E-state index is 0.0137. The zero-order valence-corrected chi connectivity index (χ0v) is 22.6. The highest BCUT2D eigenvalue weighted by molar-refractivity contribution is 7.90. The van der Waals surface area contributed by atoms with Gasteiger partial charge in [0.15, 0.2) is 21.3 Å². The molecule has 0 aliphatic rings. The van der Waals surface area contributed by atoms with Crippen LogP contribution < -0.4 is 10.6 Å². The first kappa shape index (κ1) is 26.7. The minimum atomic E-state index is -3.73. The lowest BCUT2D eigenvalue weighted by atomic mass is 10.1. The third-order valence-electron chi connectivity index (χ3n) is 6.21. The van der Waals surface area contributed by atoms with Crippen LogP contribution in [0.5, 0.6) is 0 Å². The van der Waals surface area contributed by atoms with Gasteiger partial charge >= 0.3 is 0 Å². The Morgan fingerprint density at radius 2 is 1.77 bits per heavy atom. The molecular formula is C26H23F2N9O2S. The molecule has 0 radical (unpaired) electrons. The highest BCUT2D eigenvalue weighted by atomic mass is 32.2. The molecule has 0 saturated carbocycles. The van der Waals surface area contributed by atoms with Gasteiger partial charge in [-0.2, -0.15) is 10.4 Å². The van der Waals surface area contributed by atoms with Crippen molar-refractivity contribution in [3.8, 4) is 17.3 Å². The van der Waals surface area contributed by atoms with Gasteiger partial charge in [-0.15, -0.1) is 0 Å². The number of nitrogens with one attached hydrogen (secondary N) is 3. The molecule has 1 aromatic carbocycles. The number of nitrogens with zero attached hydrogens (tertiary/aromatic N) is 6. The van der Waals surface area contributed by atoms with Crippen molar-refractivity contribution in [3.05, 3.63) is 65.2 Å². The predicted molar refractivity (Wildman–Crippen MR) is 146 cm³/mol. The van der Waals surface area contributed by atoms with Gasteiger partial charge in [0, 0.05) is 30.6 Å². The number of hydrogen-bond donors (Lipinski definition) is 3. The van der Waals surface area contributed by atoms with E-state index in [1.54, 1.807) is 42.9 Å². The second kappa shape index (κ2) is 10.0. The highest BCUT2D eigenvalue weighted by Gasteiger charge is 2.21. The molecule has 0 atom stereocenters. The quantitative estimate of drug-likeness (QED) is 0.246. The Hall–Kier alpha value is -4.90. The van der Waals surface area contributed by atoms with Gasteiger partial charge in [0.2, 0.25) is 0 Å². The predicted octanol–water partition coefficient (Wildman–Crippen LogP) is 5.07. The maximum absolute atomic E-state index is 13.5. The molecule has 0 fully saturated rings. The van der Waals surface area contributed by atoms with Gasteiger partial charge in [-0.05, 0) is 43.7 Å². The number of H-pyrrole nitrogens is 1. The summed E-state index contributed by atoms with van der Waals surface area (Å²) in [6.07, 6.45) is -1.81. The van der Waals surface area contributed by atoms with Crippen molar-refractivity contribution in [1.29, 1.82) is 5.26 Å². The lowest BCUT2D eigenvalue weighted by molar-refractivity contribution is 0.142. The molecule has 0 bridgehead atoms. The Bertz CT molecular complexity index is 1910. The van der Waals surface area contributed by atoms with Gasteiger partial charge < -0.3 is 15.6 Å². The number of fused-ring (bicyclic) bond motifs is 1. The molecule has 4 heterocycles. The minimum Gasteiger partial charge on any atom is -0.353 e. The summed E-state index contributed by atoms with van der Waals surface area (Å²) in [6.45, 7) is 3.63. The number of imidazole rings is 1. The fourth-order valence-corrected chi connectivity index (χ4v) is 4.91. The van der Waals surface area contributed by atoms with Crippen LogP contribution in [0.3, 0.4) is 0 Å². The van der Waals surface area contributed by atoms with Crippen molar-refractivity contribution >= 4 is 44.0 Å². The first-order valence-electron chi connectivity index (χ1n) is 11.9. The molecule has 0 aliphatic carbocycles. The van der Waals surface area contributed by atoms with Crippen molar-refractivity contribution in [2.24, 2.45) is 7.05 Å². The normalized spacial score (nSPS) is 11.7. The Morgan fingerprint density at radius 3 is 2.42 bits per heavy atom. The van der Waals surface area contributed by atoms with Crippen LogP contribution in [0.1, 0.15) is 29.2 Å². The summed E-state index contributed by atoms with van der Waals surface area (Å²) >= 11 is 0. The van der Waals surface area contributed by atoms with E-state index in [-0.39, 0.29) is 38.9 Å². The first-order chi connectivity index (χ1) is 18.9. The number of hydrogen-bond acceptors (Lipinski definition) is 9. The van der Waals surface area contributed by atoms with E-state index in [2.05, 4.69) is 35.7 Å². The van der Waals surface area contributed by atoms with E-state index in [0.29, 0.717) is 22.6 Å². The molecule has 3 N–H and O–H groups in total. The van der Waals surface area contributed by atoms with E-state index in [4.69, 9.17) is 0 Å². The largest absolute Gasteiger partial charge is 0.353 e. The standard InChI is InChI=1S/C26H23F2N9O2S/c1-13-5-8-21(31-19(13)12-29)32-22-11-18(23-25(33-22)35-26(34-23)24(27)28)30-16-7-6-15(10-20(16)40(4,38)39)17-9-14(2)37(3)36-17/h5-11,24H,1-4H3,(H3,30,31,32,33,34,35). The maximum Gasteiger partial charge on any atom is 0.295 e. The summed E-state index contributed by atoms with van der Waals surface area (Å²) in [4.78, 5) is 15.0. The lowest BCUT2D eigenvalue weighted by Gasteiger charge is -2.14. The number of aromatic amines is 1.